The van der Waals surface area contributed by atoms with Gasteiger partial charge in [0, 0.05) is 27.7 Å². The summed E-state index contributed by atoms with van der Waals surface area (Å²) in [6, 6.07) is 85.1. The van der Waals surface area contributed by atoms with Crippen LogP contribution in [0.2, 0.25) is 0 Å². The molecule has 0 aliphatic carbocycles. The Morgan fingerprint density at radius 2 is 0.867 bits per heavy atom. The number of benzene rings is 10. The lowest BCUT2D eigenvalue weighted by Gasteiger charge is -2.30. The third-order valence-electron chi connectivity index (χ3n) is 11.7. The average molecular weight is 766 g/mol. The van der Waals surface area contributed by atoms with Crippen molar-refractivity contribution in [3.05, 3.63) is 237 Å². The van der Waals surface area contributed by atoms with Gasteiger partial charge in [0.25, 0.3) is 0 Å². The van der Waals surface area contributed by atoms with E-state index in [0.717, 1.165) is 61.3 Å². The molecular weight excluding hydrogens is 727 g/mol. The first kappa shape index (κ1) is 35.2. The van der Waals surface area contributed by atoms with Crippen LogP contribution in [0.1, 0.15) is 0 Å². The summed E-state index contributed by atoms with van der Waals surface area (Å²) in [5, 5.41) is 4.68. The van der Waals surface area contributed by atoms with Gasteiger partial charge >= 0.3 is 0 Å². The average Bonchev–Trinajstić information content (AvgIpc) is 3.70. The lowest BCUT2D eigenvalue weighted by molar-refractivity contribution is 0.669. The number of hydrogen-bond acceptors (Lipinski definition) is 2. The number of hydrogen-bond donors (Lipinski definition) is 0. The molecule has 11 rings (SSSR count). The summed E-state index contributed by atoms with van der Waals surface area (Å²) in [7, 11) is 0. The van der Waals surface area contributed by atoms with Crippen LogP contribution in [0.15, 0.2) is 241 Å². The molecule has 0 unspecified atom stereocenters. The predicted molar refractivity (Wildman–Crippen MR) is 253 cm³/mol. The molecule has 2 heteroatoms. The van der Waals surface area contributed by atoms with Crippen molar-refractivity contribution in [1.82, 2.24) is 0 Å². The first-order chi connectivity index (χ1) is 29.7. The van der Waals surface area contributed by atoms with Crippen molar-refractivity contribution in [3.8, 4) is 55.6 Å². The van der Waals surface area contributed by atoms with Gasteiger partial charge in [-0.15, -0.1) is 0 Å². The Morgan fingerprint density at radius 3 is 1.62 bits per heavy atom. The molecule has 1 heterocycles. The summed E-state index contributed by atoms with van der Waals surface area (Å²) in [4.78, 5) is 2.44. The zero-order chi connectivity index (χ0) is 39.8. The highest BCUT2D eigenvalue weighted by atomic mass is 16.3. The van der Waals surface area contributed by atoms with E-state index in [0.29, 0.717) is 0 Å². The highest BCUT2D eigenvalue weighted by Gasteiger charge is 2.23. The van der Waals surface area contributed by atoms with E-state index in [4.69, 9.17) is 4.42 Å². The number of anilines is 3. The standard InChI is InChI=1S/C58H39NO/c1-4-16-42(17-5-1)50-35-34-49(39-53(50)44-20-8-3-9-21-44)59(48-32-29-41(30-33-48)46-28-27-40-15-10-11-22-45(40)37-46)55-25-14-24-51(43-18-6-2-7-19-43)58(55)47-31-36-57-54(38-47)52-23-12-13-26-56(52)60-57/h1-39H. The minimum absolute atomic E-state index is 0.879. The van der Waals surface area contributed by atoms with Crippen LogP contribution in [-0.4, -0.2) is 0 Å². The molecule has 0 amide bonds. The second-order valence-corrected chi connectivity index (χ2v) is 15.3. The van der Waals surface area contributed by atoms with Crippen molar-refractivity contribution in [2.75, 3.05) is 4.90 Å². The van der Waals surface area contributed by atoms with Crippen LogP contribution in [-0.2, 0) is 0 Å². The second kappa shape index (κ2) is 15.1. The van der Waals surface area contributed by atoms with Crippen molar-refractivity contribution < 1.29 is 4.42 Å². The Bertz CT molecular complexity index is 3290. The number of rotatable bonds is 8. The number of para-hydroxylation sites is 1. The Labute approximate surface area is 349 Å². The van der Waals surface area contributed by atoms with E-state index in [-0.39, 0.29) is 0 Å². The van der Waals surface area contributed by atoms with Crippen molar-refractivity contribution >= 4 is 49.8 Å². The molecule has 0 N–H and O–H groups in total. The maximum Gasteiger partial charge on any atom is 0.135 e. The van der Waals surface area contributed by atoms with Gasteiger partial charge in [-0.05, 0) is 115 Å². The summed E-state index contributed by atoms with van der Waals surface area (Å²) in [6.45, 7) is 0. The van der Waals surface area contributed by atoms with Crippen LogP contribution in [0.4, 0.5) is 17.1 Å². The largest absolute Gasteiger partial charge is 0.456 e. The highest BCUT2D eigenvalue weighted by Crippen LogP contribution is 2.48. The Hall–Kier alpha value is -7.94. The normalized spacial score (nSPS) is 11.3. The van der Waals surface area contributed by atoms with E-state index in [1.165, 1.54) is 44.2 Å². The van der Waals surface area contributed by atoms with Crippen molar-refractivity contribution in [1.29, 1.82) is 0 Å². The maximum atomic E-state index is 6.34. The molecule has 0 radical (unpaired) electrons. The Morgan fingerprint density at radius 1 is 0.283 bits per heavy atom. The third-order valence-corrected chi connectivity index (χ3v) is 11.7. The molecule has 0 saturated carbocycles. The van der Waals surface area contributed by atoms with Crippen molar-refractivity contribution in [3.63, 3.8) is 0 Å². The summed E-state index contributed by atoms with van der Waals surface area (Å²) < 4.78 is 6.34. The number of fused-ring (bicyclic) bond motifs is 4. The Balaban J connectivity index is 1.16. The molecule has 282 valence electrons. The molecule has 60 heavy (non-hydrogen) atoms. The molecule has 0 fully saturated rings. The maximum absolute atomic E-state index is 6.34. The van der Waals surface area contributed by atoms with Crippen LogP contribution >= 0.6 is 0 Å². The molecule has 0 aliphatic rings. The summed E-state index contributed by atoms with van der Waals surface area (Å²) in [5.41, 5.74) is 16.6. The zero-order valence-electron chi connectivity index (χ0n) is 32.9. The van der Waals surface area contributed by atoms with E-state index in [1.54, 1.807) is 0 Å². The molecule has 0 spiro atoms. The van der Waals surface area contributed by atoms with Crippen molar-refractivity contribution in [2.24, 2.45) is 0 Å². The van der Waals surface area contributed by atoms with E-state index >= 15 is 0 Å². The topological polar surface area (TPSA) is 16.4 Å². The van der Waals surface area contributed by atoms with Gasteiger partial charge in [-0.25, -0.2) is 0 Å². The van der Waals surface area contributed by atoms with Crippen LogP contribution < -0.4 is 4.90 Å². The molecule has 1 aromatic heterocycles. The first-order valence-electron chi connectivity index (χ1n) is 20.5. The summed E-state index contributed by atoms with van der Waals surface area (Å²) in [6.07, 6.45) is 0. The van der Waals surface area contributed by atoms with Gasteiger partial charge in [-0.3, -0.25) is 0 Å². The summed E-state index contributed by atoms with van der Waals surface area (Å²) >= 11 is 0. The van der Waals surface area contributed by atoms with E-state index < -0.39 is 0 Å². The number of furan rings is 1. The number of nitrogens with zero attached hydrogens (tertiary/aromatic N) is 1. The fourth-order valence-corrected chi connectivity index (χ4v) is 8.77. The minimum Gasteiger partial charge on any atom is -0.456 e. The molecule has 2 nitrogen and oxygen atoms in total. The highest BCUT2D eigenvalue weighted by molar-refractivity contribution is 6.08. The van der Waals surface area contributed by atoms with Gasteiger partial charge in [0.2, 0.25) is 0 Å². The van der Waals surface area contributed by atoms with Gasteiger partial charge in [0.15, 0.2) is 0 Å². The molecule has 10 aromatic carbocycles. The van der Waals surface area contributed by atoms with Crippen LogP contribution in [0.3, 0.4) is 0 Å². The molecule has 11 aromatic rings. The lowest BCUT2D eigenvalue weighted by Crippen LogP contribution is -2.12. The summed E-state index contributed by atoms with van der Waals surface area (Å²) in [5.74, 6) is 0. The Kier molecular flexibility index (Phi) is 8.87. The molecule has 0 atom stereocenters. The molecule has 0 saturated heterocycles. The van der Waals surface area contributed by atoms with Crippen LogP contribution in [0, 0.1) is 0 Å². The predicted octanol–water partition coefficient (Wildman–Crippen LogP) is 16.5. The first-order valence-corrected chi connectivity index (χ1v) is 20.5. The molecular formula is C58H39NO. The van der Waals surface area contributed by atoms with Crippen LogP contribution in [0.25, 0.3) is 88.3 Å². The minimum atomic E-state index is 0.879. The second-order valence-electron chi connectivity index (χ2n) is 15.3. The van der Waals surface area contributed by atoms with Crippen LogP contribution in [0.5, 0.6) is 0 Å². The monoisotopic (exact) mass is 765 g/mol. The fourth-order valence-electron chi connectivity index (χ4n) is 8.77. The van der Waals surface area contributed by atoms with E-state index in [1.807, 2.05) is 12.1 Å². The van der Waals surface area contributed by atoms with Gasteiger partial charge in [-0.1, -0.05) is 182 Å². The van der Waals surface area contributed by atoms with E-state index in [2.05, 4.69) is 229 Å². The van der Waals surface area contributed by atoms with Gasteiger partial charge in [0.1, 0.15) is 11.2 Å². The van der Waals surface area contributed by atoms with E-state index in [9.17, 15) is 0 Å². The van der Waals surface area contributed by atoms with Gasteiger partial charge in [-0.2, -0.15) is 0 Å². The third kappa shape index (κ3) is 6.41. The van der Waals surface area contributed by atoms with Gasteiger partial charge in [0.05, 0.1) is 5.69 Å². The lowest BCUT2D eigenvalue weighted by atomic mass is 9.90. The van der Waals surface area contributed by atoms with Gasteiger partial charge < -0.3 is 9.32 Å². The fraction of sp³-hybridized carbons (Fsp3) is 0. The molecule has 0 bridgehead atoms. The smallest absolute Gasteiger partial charge is 0.135 e. The zero-order valence-corrected chi connectivity index (χ0v) is 32.9. The van der Waals surface area contributed by atoms with Crippen molar-refractivity contribution in [2.45, 2.75) is 0 Å². The molecule has 0 aliphatic heterocycles. The SMILES string of the molecule is c1ccc(-c2ccc(N(c3ccc(-c4ccc5ccccc5c4)cc3)c3cccc(-c4ccccc4)c3-c3ccc4oc5ccccc5c4c3)cc2-c2ccccc2)cc1. The quantitative estimate of drug-likeness (QED) is 0.153.